The Labute approximate surface area is 142 Å². The molecule has 132 valence electrons. The monoisotopic (exact) mass is 336 g/mol. The summed E-state index contributed by atoms with van der Waals surface area (Å²) in [5, 5.41) is 5.03. The molecule has 0 atom stereocenters. The molecule has 0 saturated carbocycles. The number of nitrogens with one attached hydrogen (secondary N) is 3. The first-order valence-electron chi connectivity index (χ1n) is 8.09. The van der Waals surface area contributed by atoms with E-state index in [1.807, 2.05) is 21.0 Å². The number of esters is 1. The standard InChI is InChI=1S/C17H25N3O4/c1-4-5-12-24-17(23)13-6-8-14(9-7-13)19-16(22)15(21)18-10-11-20(2)3/h6-9H,4-5,10-12H2,1-3H3,(H,18,21)(H,19,22)/p+1. The first kappa shape index (κ1) is 19.6. The molecule has 0 spiro atoms. The molecule has 1 aromatic carbocycles. The third-order valence-electron chi connectivity index (χ3n) is 3.23. The Morgan fingerprint density at radius 3 is 2.33 bits per heavy atom. The highest BCUT2D eigenvalue weighted by Gasteiger charge is 2.14. The molecule has 0 aliphatic heterocycles. The fraction of sp³-hybridized carbons (Fsp3) is 0.471. The van der Waals surface area contributed by atoms with E-state index in [9.17, 15) is 14.4 Å². The van der Waals surface area contributed by atoms with E-state index < -0.39 is 17.8 Å². The molecule has 0 bridgehead atoms. The quantitative estimate of drug-likeness (QED) is 0.350. The number of hydrogen-bond donors (Lipinski definition) is 3. The molecule has 1 rings (SSSR count). The second kappa shape index (κ2) is 10.4. The average molecular weight is 336 g/mol. The van der Waals surface area contributed by atoms with Crippen LogP contribution >= 0.6 is 0 Å². The van der Waals surface area contributed by atoms with Gasteiger partial charge in [-0.25, -0.2) is 4.79 Å². The third kappa shape index (κ3) is 7.23. The Bertz CT molecular complexity index is 555. The molecule has 0 aliphatic carbocycles. The molecular weight excluding hydrogens is 310 g/mol. The number of amides is 2. The van der Waals surface area contributed by atoms with E-state index in [0.717, 1.165) is 19.4 Å². The van der Waals surface area contributed by atoms with Crippen molar-refractivity contribution in [2.75, 3.05) is 39.1 Å². The number of unbranched alkanes of at least 4 members (excludes halogenated alkanes) is 1. The predicted molar refractivity (Wildman–Crippen MR) is 90.9 cm³/mol. The molecule has 0 radical (unpaired) electrons. The average Bonchev–Trinajstić information content (AvgIpc) is 2.55. The Morgan fingerprint density at radius 1 is 1.08 bits per heavy atom. The normalized spacial score (nSPS) is 10.3. The number of anilines is 1. The van der Waals surface area contributed by atoms with Crippen LogP contribution in [0.3, 0.4) is 0 Å². The van der Waals surface area contributed by atoms with Gasteiger partial charge in [0, 0.05) is 5.69 Å². The number of likely N-dealkylation sites (N-methyl/N-ethyl adjacent to an activating group) is 1. The molecule has 2 amide bonds. The van der Waals surface area contributed by atoms with Crippen molar-refractivity contribution in [1.82, 2.24) is 5.32 Å². The zero-order valence-electron chi connectivity index (χ0n) is 14.5. The largest absolute Gasteiger partial charge is 0.462 e. The van der Waals surface area contributed by atoms with Crippen LogP contribution in [0.2, 0.25) is 0 Å². The van der Waals surface area contributed by atoms with Crippen molar-refractivity contribution < 1.29 is 24.0 Å². The highest BCUT2D eigenvalue weighted by Crippen LogP contribution is 2.10. The van der Waals surface area contributed by atoms with Gasteiger partial charge in [-0.15, -0.1) is 0 Å². The summed E-state index contributed by atoms with van der Waals surface area (Å²) in [6.45, 7) is 3.57. The molecule has 0 unspecified atom stereocenters. The van der Waals surface area contributed by atoms with Gasteiger partial charge < -0.3 is 20.3 Å². The van der Waals surface area contributed by atoms with Crippen molar-refractivity contribution in [3.63, 3.8) is 0 Å². The molecule has 0 aliphatic rings. The fourth-order valence-corrected chi connectivity index (χ4v) is 1.78. The van der Waals surface area contributed by atoms with E-state index in [2.05, 4.69) is 10.6 Å². The van der Waals surface area contributed by atoms with Crippen LogP contribution in [0.15, 0.2) is 24.3 Å². The summed E-state index contributed by atoms with van der Waals surface area (Å²) >= 11 is 0. The Hall–Kier alpha value is -2.41. The van der Waals surface area contributed by atoms with Gasteiger partial charge in [0.25, 0.3) is 0 Å². The van der Waals surface area contributed by atoms with Crippen LogP contribution in [0.1, 0.15) is 30.1 Å². The van der Waals surface area contributed by atoms with Gasteiger partial charge in [-0.2, -0.15) is 0 Å². The van der Waals surface area contributed by atoms with Crippen molar-refractivity contribution in [2.45, 2.75) is 19.8 Å². The van der Waals surface area contributed by atoms with Gasteiger partial charge in [-0.05, 0) is 30.7 Å². The number of quaternary nitrogens is 1. The lowest BCUT2D eigenvalue weighted by Gasteiger charge is -2.09. The minimum absolute atomic E-state index is 0.392. The van der Waals surface area contributed by atoms with Crippen molar-refractivity contribution in [3.8, 4) is 0 Å². The Kier molecular flexibility index (Phi) is 8.49. The zero-order valence-corrected chi connectivity index (χ0v) is 14.5. The fourth-order valence-electron chi connectivity index (χ4n) is 1.78. The maximum absolute atomic E-state index is 11.8. The number of benzene rings is 1. The SMILES string of the molecule is CCCCOC(=O)c1ccc(NC(=O)C(=O)NCC[NH+](C)C)cc1. The summed E-state index contributed by atoms with van der Waals surface area (Å²) in [6.07, 6.45) is 1.78. The van der Waals surface area contributed by atoms with E-state index in [-0.39, 0.29) is 0 Å². The first-order valence-corrected chi connectivity index (χ1v) is 8.09. The topological polar surface area (TPSA) is 88.9 Å². The molecule has 0 aromatic heterocycles. The molecule has 3 N–H and O–H groups in total. The van der Waals surface area contributed by atoms with Gasteiger partial charge in [0.1, 0.15) is 0 Å². The minimum atomic E-state index is -0.734. The zero-order chi connectivity index (χ0) is 17.9. The molecule has 0 fully saturated rings. The third-order valence-corrected chi connectivity index (χ3v) is 3.23. The van der Waals surface area contributed by atoms with Crippen molar-refractivity contribution >= 4 is 23.5 Å². The summed E-state index contributed by atoms with van der Waals surface area (Å²) in [4.78, 5) is 36.3. The van der Waals surface area contributed by atoms with Gasteiger partial charge in [0.2, 0.25) is 0 Å². The van der Waals surface area contributed by atoms with Gasteiger partial charge >= 0.3 is 17.8 Å². The van der Waals surface area contributed by atoms with Crippen LogP contribution in [0.5, 0.6) is 0 Å². The van der Waals surface area contributed by atoms with Crippen LogP contribution in [0, 0.1) is 0 Å². The lowest BCUT2D eigenvalue weighted by atomic mass is 10.2. The lowest BCUT2D eigenvalue weighted by molar-refractivity contribution is -0.856. The summed E-state index contributed by atoms with van der Waals surface area (Å²) < 4.78 is 5.10. The van der Waals surface area contributed by atoms with Crippen LogP contribution in [-0.4, -0.2) is 51.6 Å². The maximum atomic E-state index is 11.8. The summed E-state index contributed by atoms with van der Waals surface area (Å²) in [5.41, 5.74) is 0.848. The van der Waals surface area contributed by atoms with Gasteiger partial charge in [0.05, 0.1) is 39.4 Å². The highest BCUT2D eigenvalue weighted by atomic mass is 16.5. The number of carbonyl (C=O) groups is 3. The summed E-state index contributed by atoms with van der Waals surface area (Å²) in [5.74, 6) is -1.81. The van der Waals surface area contributed by atoms with Crippen molar-refractivity contribution in [1.29, 1.82) is 0 Å². The number of rotatable bonds is 8. The maximum Gasteiger partial charge on any atom is 0.338 e. The van der Waals surface area contributed by atoms with Crippen LogP contribution < -0.4 is 15.5 Å². The van der Waals surface area contributed by atoms with Gasteiger partial charge in [0.15, 0.2) is 0 Å². The molecular formula is C17H26N3O4+. The second-order valence-corrected chi connectivity index (χ2v) is 5.73. The molecule has 1 aromatic rings. The number of carbonyl (C=O) groups excluding carboxylic acids is 3. The molecule has 24 heavy (non-hydrogen) atoms. The number of ether oxygens (including phenoxy) is 1. The van der Waals surface area contributed by atoms with Gasteiger partial charge in [-0.3, -0.25) is 9.59 Å². The van der Waals surface area contributed by atoms with E-state index in [4.69, 9.17) is 4.74 Å². The minimum Gasteiger partial charge on any atom is -0.462 e. The molecule has 0 saturated heterocycles. The smallest absolute Gasteiger partial charge is 0.338 e. The Morgan fingerprint density at radius 2 is 1.75 bits per heavy atom. The molecule has 7 nitrogen and oxygen atoms in total. The second-order valence-electron chi connectivity index (χ2n) is 5.73. The van der Waals surface area contributed by atoms with Crippen LogP contribution in [0.25, 0.3) is 0 Å². The van der Waals surface area contributed by atoms with Crippen LogP contribution in [-0.2, 0) is 14.3 Å². The van der Waals surface area contributed by atoms with E-state index in [1.165, 1.54) is 4.90 Å². The van der Waals surface area contributed by atoms with E-state index in [0.29, 0.717) is 24.4 Å². The summed E-state index contributed by atoms with van der Waals surface area (Å²) in [6, 6.07) is 6.23. The first-order chi connectivity index (χ1) is 11.4. The van der Waals surface area contributed by atoms with E-state index >= 15 is 0 Å². The molecule has 7 heteroatoms. The highest BCUT2D eigenvalue weighted by molar-refractivity contribution is 6.39. The van der Waals surface area contributed by atoms with E-state index in [1.54, 1.807) is 24.3 Å². The summed E-state index contributed by atoms with van der Waals surface area (Å²) in [7, 11) is 3.92. The van der Waals surface area contributed by atoms with Gasteiger partial charge in [-0.1, -0.05) is 13.3 Å². The van der Waals surface area contributed by atoms with Crippen LogP contribution in [0.4, 0.5) is 5.69 Å². The van der Waals surface area contributed by atoms with Crippen molar-refractivity contribution in [3.05, 3.63) is 29.8 Å². The molecule has 0 heterocycles. The predicted octanol–water partition coefficient (Wildman–Crippen LogP) is -0.157. The lowest BCUT2D eigenvalue weighted by Crippen LogP contribution is -3.06. The Balaban J connectivity index is 2.46. The van der Waals surface area contributed by atoms with Crippen molar-refractivity contribution in [2.24, 2.45) is 0 Å². The number of hydrogen-bond acceptors (Lipinski definition) is 4.